The second kappa shape index (κ2) is 58.5. The topological polar surface area (TPSA) is 134 Å². The first-order valence-electron chi connectivity index (χ1n) is 30.1. The van der Waals surface area contributed by atoms with E-state index in [2.05, 4.69) is 98.9 Å². The highest BCUT2D eigenvalue weighted by Gasteiger charge is 2.26. The second-order valence-electron chi connectivity index (χ2n) is 19.8. The van der Waals surface area contributed by atoms with Crippen molar-refractivity contribution in [2.24, 2.45) is 5.73 Å². The highest BCUT2D eigenvalue weighted by molar-refractivity contribution is 7.47. The molecular weight excluding hydrogens is 930 g/mol. The molecule has 422 valence electrons. The van der Waals surface area contributed by atoms with Crippen LogP contribution in [0.15, 0.2) is 85.1 Å². The molecule has 0 saturated carbocycles. The number of allylic oxidation sites excluding steroid dienone is 14. The molecule has 0 rings (SSSR count). The smallest absolute Gasteiger partial charge is 0.462 e. The molecule has 0 amide bonds. The number of ether oxygens (including phenoxy) is 2. The van der Waals surface area contributed by atoms with E-state index in [0.717, 1.165) is 96.3 Å². The molecule has 0 aliphatic rings. The van der Waals surface area contributed by atoms with E-state index >= 15 is 0 Å². The Bertz CT molecular complexity index is 1470. The summed E-state index contributed by atoms with van der Waals surface area (Å²) in [4.78, 5) is 35.1. The van der Waals surface area contributed by atoms with Gasteiger partial charge < -0.3 is 20.1 Å². The van der Waals surface area contributed by atoms with E-state index in [4.69, 9.17) is 24.3 Å². The quantitative estimate of drug-likeness (QED) is 0.0264. The molecule has 3 N–H and O–H groups in total. The first kappa shape index (κ1) is 70.2. The van der Waals surface area contributed by atoms with Crippen LogP contribution in [0, 0.1) is 0 Å². The molecule has 2 unspecified atom stereocenters. The minimum absolute atomic E-state index is 0.0494. The van der Waals surface area contributed by atoms with Gasteiger partial charge in [-0.3, -0.25) is 18.6 Å². The van der Waals surface area contributed by atoms with E-state index in [1.807, 2.05) is 0 Å². The first-order valence-corrected chi connectivity index (χ1v) is 31.6. The fraction of sp³-hybridized carbons (Fsp3) is 0.746. The van der Waals surface area contributed by atoms with Crippen LogP contribution in [0.5, 0.6) is 0 Å². The van der Waals surface area contributed by atoms with Gasteiger partial charge in [0.2, 0.25) is 0 Å². The zero-order valence-corrected chi connectivity index (χ0v) is 48.0. The molecule has 9 nitrogen and oxygen atoms in total. The van der Waals surface area contributed by atoms with E-state index in [1.165, 1.54) is 135 Å². The Morgan fingerprint density at radius 1 is 0.411 bits per heavy atom. The normalized spacial score (nSPS) is 13.6. The number of esters is 2. The van der Waals surface area contributed by atoms with Crippen molar-refractivity contribution in [2.75, 3.05) is 26.4 Å². The van der Waals surface area contributed by atoms with Gasteiger partial charge in [0, 0.05) is 19.4 Å². The molecule has 0 fully saturated rings. The molecule has 0 aromatic carbocycles. The van der Waals surface area contributed by atoms with Gasteiger partial charge in [0.25, 0.3) is 0 Å². The van der Waals surface area contributed by atoms with Gasteiger partial charge in [-0.2, -0.15) is 0 Å². The number of phosphoric acid groups is 1. The molecule has 0 bridgehead atoms. The van der Waals surface area contributed by atoms with Crippen LogP contribution in [0.3, 0.4) is 0 Å². The van der Waals surface area contributed by atoms with Gasteiger partial charge in [-0.25, -0.2) is 4.57 Å². The van der Waals surface area contributed by atoms with Crippen LogP contribution in [-0.4, -0.2) is 49.3 Å². The van der Waals surface area contributed by atoms with Gasteiger partial charge in [0.1, 0.15) is 6.61 Å². The number of unbranched alkanes of at least 4 members (excludes halogenated alkanes) is 29. The van der Waals surface area contributed by atoms with Crippen molar-refractivity contribution in [3.63, 3.8) is 0 Å². The Kier molecular flexibility index (Phi) is 56.2. The fourth-order valence-electron chi connectivity index (χ4n) is 8.41. The molecule has 2 atom stereocenters. The van der Waals surface area contributed by atoms with Crippen LogP contribution in [-0.2, 0) is 32.7 Å². The summed E-state index contributed by atoms with van der Waals surface area (Å²) in [7, 11) is -4.39. The lowest BCUT2D eigenvalue weighted by Gasteiger charge is -2.19. The van der Waals surface area contributed by atoms with Crippen LogP contribution in [0.4, 0.5) is 0 Å². The number of rotatable bonds is 56. The zero-order chi connectivity index (χ0) is 53.1. The van der Waals surface area contributed by atoms with E-state index in [1.54, 1.807) is 0 Å². The Hall–Kier alpha value is -2.81. The predicted molar refractivity (Wildman–Crippen MR) is 312 cm³/mol. The molecule has 0 radical (unpaired) electrons. The molecular formula is C63H112NO8P. The van der Waals surface area contributed by atoms with Crippen LogP contribution < -0.4 is 5.73 Å². The van der Waals surface area contributed by atoms with E-state index in [-0.39, 0.29) is 32.6 Å². The maximum atomic E-state index is 12.7. The molecule has 0 heterocycles. The van der Waals surface area contributed by atoms with Gasteiger partial charge in [0.15, 0.2) is 6.10 Å². The third-order valence-electron chi connectivity index (χ3n) is 12.8. The Morgan fingerprint density at radius 2 is 0.712 bits per heavy atom. The Morgan fingerprint density at radius 3 is 1.05 bits per heavy atom. The summed E-state index contributed by atoms with van der Waals surface area (Å²) < 4.78 is 33.0. The predicted octanol–water partition coefficient (Wildman–Crippen LogP) is 19.1. The number of hydrogen-bond acceptors (Lipinski definition) is 8. The van der Waals surface area contributed by atoms with Crippen molar-refractivity contribution >= 4 is 19.8 Å². The molecule has 0 spiro atoms. The summed E-state index contributed by atoms with van der Waals surface area (Å²) in [6, 6.07) is 0. The van der Waals surface area contributed by atoms with Crippen molar-refractivity contribution in [3.8, 4) is 0 Å². The first-order chi connectivity index (χ1) is 35.8. The van der Waals surface area contributed by atoms with Gasteiger partial charge in [-0.05, 0) is 83.5 Å². The molecule has 10 heteroatoms. The molecule has 0 saturated heterocycles. The third kappa shape index (κ3) is 58.3. The average molecular weight is 1040 g/mol. The maximum absolute atomic E-state index is 12.7. The number of phosphoric ester groups is 1. The highest BCUT2D eigenvalue weighted by Crippen LogP contribution is 2.43. The minimum atomic E-state index is -4.39. The summed E-state index contributed by atoms with van der Waals surface area (Å²) in [5.74, 6) is -0.841. The largest absolute Gasteiger partial charge is 0.472 e. The lowest BCUT2D eigenvalue weighted by atomic mass is 10.0. The number of hydrogen-bond donors (Lipinski definition) is 2. The van der Waals surface area contributed by atoms with Crippen LogP contribution in [0.1, 0.15) is 271 Å². The van der Waals surface area contributed by atoms with E-state index < -0.39 is 32.5 Å². The monoisotopic (exact) mass is 1040 g/mol. The van der Waals surface area contributed by atoms with E-state index in [0.29, 0.717) is 12.8 Å². The second-order valence-corrected chi connectivity index (χ2v) is 21.3. The lowest BCUT2D eigenvalue weighted by Crippen LogP contribution is -2.29. The molecule has 0 aromatic heterocycles. The number of nitrogens with two attached hydrogens (primary N) is 1. The van der Waals surface area contributed by atoms with Crippen molar-refractivity contribution < 1.29 is 37.6 Å². The maximum Gasteiger partial charge on any atom is 0.472 e. The van der Waals surface area contributed by atoms with Gasteiger partial charge in [-0.15, -0.1) is 0 Å². The van der Waals surface area contributed by atoms with Gasteiger partial charge >= 0.3 is 19.8 Å². The minimum Gasteiger partial charge on any atom is -0.462 e. The fourth-order valence-corrected chi connectivity index (χ4v) is 9.17. The summed E-state index contributed by atoms with van der Waals surface area (Å²) in [6.45, 7) is 3.51. The van der Waals surface area contributed by atoms with Crippen molar-refractivity contribution in [1.29, 1.82) is 0 Å². The third-order valence-corrected chi connectivity index (χ3v) is 13.8. The van der Waals surface area contributed by atoms with Crippen LogP contribution in [0.2, 0.25) is 0 Å². The van der Waals surface area contributed by atoms with Crippen molar-refractivity contribution in [1.82, 2.24) is 0 Å². The van der Waals surface area contributed by atoms with Crippen molar-refractivity contribution in [2.45, 2.75) is 277 Å². The lowest BCUT2D eigenvalue weighted by molar-refractivity contribution is -0.161. The Labute approximate surface area is 449 Å². The zero-order valence-electron chi connectivity index (χ0n) is 47.1. The summed E-state index contributed by atoms with van der Waals surface area (Å²) in [6.07, 6.45) is 76.7. The standard InChI is InChI=1S/C63H112NO8P/c1-3-5-7-9-11-13-15-17-19-20-21-22-23-24-25-26-27-28-29-30-31-32-33-34-35-36-37-38-39-40-42-44-46-48-50-52-54-56-63(66)72-61(60-71-73(67,68)70-58-57-64)59-69-62(65)55-53-51-49-47-45-43-41-18-16-14-12-10-8-6-4-2/h5-8,11-14,17-19,21-22,41,61H,3-4,9-10,15-16,20,23-40,42-60,64H2,1-2H3,(H,67,68)/b7-5-,8-6-,13-11-,14-12-,19-17-,22-21-,41-18-. The SMILES string of the molecule is CC/C=C\C/C=C\C/C=C\C/C=C\CCCCCCCCCCCCCCCCCCCCCCCCCCC(=O)OC(COC(=O)CCCCCCC/C=C\C/C=C\C/C=C\CC)COP(=O)(O)OCCN. The molecule has 73 heavy (non-hydrogen) atoms. The average Bonchev–Trinajstić information content (AvgIpc) is 3.38. The Balaban J connectivity index is 3.81. The molecule has 0 aliphatic heterocycles. The van der Waals surface area contributed by atoms with Crippen LogP contribution >= 0.6 is 7.82 Å². The summed E-state index contributed by atoms with van der Waals surface area (Å²) >= 11 is 0. The van der Waals surface area contributed by atoms with Gasteiger partial charge in [0.05, 0.1) is 13.2 Å². The van der Waals surface area contributed by atoms with E-state index in [9.17, 15) is 19.0 Å². The van der Waals surface area contributed by atoms with Crippen LogP contribution in [0.25, 0.3) is 0 Å². The number of carbonyl (C=O) groups excluding carboxylic acids is 2. The molecule has 0 aromatic rings. The summed E-state index contributed by atoms with van der Waals surface area (Å²) in [5.41, 5.74) is 5.38. The van der Waals surface area contributed by atoms with Gasteiger partial charge in [-0.1, -0.05) is 259 Å². The number of carbonyl (C=O) groups is 2. The highest BCUT2D eigenvalue weighted by atomic mass is 31.2. The molecule has 0 aliphatic carbocycles. The summed E-state index contributed by atoms with van der Waals surface area (Å²) in [5, 5.41) is 0. The van der Waals surface area contributed by atoms with Crippen molar-refractivity contribution in [3.05, 3.63) is 85.1 Å².